The molecule has 0 aliphatic carbocycles. The van der Waals surface area contributed by atoms with Gasteiger partial charge in [0.25, 0.3) is 11.6 Å². The fourth-order valence-electron chi connectivity index (χ4n) is 1.44. The first kappa shape index (κ1) is 14.0. The Hall–Kier alpha value is -2.11. The van der Waals surface area contributed by atoms with Crippen LogP contribution in [0.5, 0.6) is 0 Å². The minimum absolute atomic E-state index is 0.0436. The largest absolute Gasteiger partial charge is 0.383 e. The van der Waals surface area contributed by atoms with Gasteiger partial charge in [0.2, 0.25) is 0 Å². The second kappa shape index (κ2) is 6.00. The summed E-state index contributed by atoms with van der Waals surface area (Å²) < 4.78 is 0. The van der Waals surface area contributed by atoms with E-state index in [1.165, 1.54) is 18.2 Å². The lowest BCUT2D eigenvalue weighted by atomic mass is 10.1. The predicted octanol–water partition coefficient (Wildman–Crippen LogP) is 2.02. The van der Waals surface area contributed by atoms with E-state index in [9.17, 15) is 14.9 Å². The van der Waals surface area contributed by atoms with Gasteiger partial charge in [-0.1, -0.05) is 13.8 Å². The maximum Gasteiger partial charge on any atom is 0.292 e. The van der Waals surface area contributed by atoms with E-state index in [-0.39, 0.29) is 11.6 Å². The number of carbonyl (C=O) groups is 1. The number of carbonyl (C=O) groups excluding carboxylic acids is 1. The molecule has 1 aromatic rings. The lowest BCUT2D eigenvalue weighted by Gasteiger charge is -2.09. The normalized spacial score (nSPS) is 10.2. The molecule has 0 unspecified atom stereocenters. The molecule has 1 rings (SSSR count). The van der Waals surface area contributed by atoms with Gasteiger partial charge in [-0.25, -0.2) is 0 Å². The molecule has 0 saturated heterocycles. The molecule has 0 aliphatic rings. The lowest BCUT2D eigenvalue weighted by Crippen LogP contribution is -2.27. The molecule has 98 valence electrons. The fraction of sp³-hybridized carbons (Fsp3) is 0.417. The molecule has 0 aromatic heterocycles. The molecule has 2 N–H and O–H groups in total. The monoisotopic (exact) mass is 251 g/mol. The van der Waals surface area contributed by atoms with Crippen LogP contribution in [0.4, 0.5) is 11.4 Å². The van der Waals surface area contributed by atoms with Crippen molar-refractivity contribution in [3.05, 3.63) is 33.9 Å². The van der Waals surface area contributed by atoms with Crippen LogP contribution in [0.2, 0.25) is 0 Å². The highest BCUT2D eigenvalue weighted by molar-refractivity contribution is 5.95. The van der Waals surface area contributed by atoms with E-state index in [2.05, 4.69) is 10.6 Å². The van der Waals surface area contributed by atoms with Crippen LogP contribution in [0.15, 0.2) is 18.2 Å². The molecule has 1 aromatic carbocycles. The maximum absolute atomic E-state index is 11.8. The van der Waals surface area contributed by atoms with Crippen LogP contribution < -0.4 is 10.6 Å². The molecule has 1 amide bonds. The van der Waals surface area contributed by atoms with Gasteiger partial charge < -0.3 is 10.6 Å². The van der Waals surface area contributed by atoms with Crippen molar-refractivity contribution in [2.45, 2.75) is 13.8 Å². The van der Waals surface area contributed by atoms with Gasteiger partial charge in [-0.3, -0.25) is 14.9 Å². The Bertz CT molecular complexity index is 458. The third-order valence-electron chi connectivity index (χ3n) is 2.40. The van der Waals surface area contributed by atoms with Gasteiger partial charge in [0.1, 0.15) is 5.69 Å². The van der Waals surface area contributed by atoms with Crippen molar-refractivity contribution in [1.29, 1.82) is 0 Å². The minimum atomic E-state index is -0.484. The molecule has 0 bridgehead atoms. The topological polar surface area (TPSA) is 84.3 Å². The van der Waals surface area contributed by atoms with Gasteiger partial charge >= 0.3 is 0 Å². The Kier molecular flexibility index (Phi) is 4.65. The summed E-state index contributed by atoms with van der Waals surface area (Å²) >= 11 is 0. The second-order valence-corrected chi connectivity index (χ2v) is 4.34. The van der Waals surface area contributed by atoms with Crippen LogP contribution in [-0.2, 0) is 0 Å². The molecular weight excluding hydrogens is 234 g/mol. The first-order chi connectivity index (χ1) is 8.45. The van der Waals surface area contributed by atoms with Crippen molar-refractivity contribution in [1.82, 2.24) is 5.32 Å². The van der Waals surface area contributed by atoms with Crippen LogP contribution in [0.25, 0.3) is 0 Å². The minimum Gasteiger partial charge on any atom is -0.383 e. The Morgan fingerprint density at radius 3 is 2.61 bits per heavy atom. The lowest BCUT2D eigenvalue weighted by molar-refractivity contribution is -0.383. The van der Waals surface area contributed by atoms with Gasteiger partial charge in [-0.15, -0.1) is 0 Å². The van der Waals surface area contributed by atoms with Crippen LogP contribution >= 0.6 is 0 Å². The number of nitrogens with zero attached hydrogens (tertiary/aromatic N) is 1. The van der Waals surface area contributed by atoms with Crippen LogP contribution in [-0.4, -0.2) is 24.4 Å². The molecule has 6 heteroatoms. The highest BCUT2D eigenvalue weighted by atomic mass is 16.6. The van der Waals surface area contributed by atoms with Gasteiger partial charge in [0, 0.05) is 25.2 Å². The number of rotatable bonds is 5. The van der Waals surface area contributed by atoms with Crippen molar-refractivity contribution in [3.63, 3.8) is 0 Å². The van der Waals surface area contributed by atoms with Gasteiger partial charge in [-0.05, 0) is 18.1 Å². The summed E-state index contributed by atoms with van der Waals surface area (Å²) in [7, 11) is 1.58. The number of benzene rings is 1. The number of nitrogens with one attached hydrogen (secondary N) is 2. The summed E-state index contributed by atoms with van der Waals surface area (Å²) in [6, 6.07) is 4.26. The molecule has 0 aliphatic heterocycles. The van der Waals surface area contributed by atoms with E-state index < -0.39 is 4.92 Å². The number of hydrogen-bond acceptors (Lipinski definition) is 4. The first-order valence-corrected chi connectivity index (χ1v) is 5.70. The number of anilines is 1. The van der Waals surface area contributed by atoms with Crippen molar-refractivity contribution in [2.75, 3.05) is 18.9 Å². The van der Waals surface area contributed by atoms with Crippen molar-refractivity contribution >= 4 is 17.3 Å². The van der Waals surface area contributed by atoms with E-state index in [1.807, 2.05) is 13.8 Å². The Morgan fingerprint density at radius 2 is 2.11 bits per heavy atom. The maximum atomic E-state index is 11.8. The predicted molar refractivity (Wildman–Crippen MR) is 69.8 cm³/mol. The molecule has 18 heavy (non-hydrogen) atoms. The highest BCUT2D eigenvalue weighted by Crippen LogP contribution is 2.24. The van der Waals surface area contributed by atoms with Crippen molar-refractivity contribution in [2.24, 2.45) is 5.92 Å². The Balaban J connectivity index is 2.91. The van der Waals surface area contributed by atoms with E-state index in [1.54, 1.807) is 7.05 Å². The molecule has 0 radical (unpaired) electrons. The van der Waals surface area contributed by atoms with Gasteiger partial charge in [0.05, 0.1) is 4.92 Å². The van der Waals surface area contributed by atoms with Crippen LogP contribution in [0.3, 0.4) is 0 Å². The second-order valence-electron chi connectivity index (χ2n) is 4.34. The van der Waals surface area contributed by atoms with E-state index in [4.69, 9.17) is 0 Å². The van der Waals surface area contributed by atoms with Gasteiger partial charge in [0.15, 0.2) is 0 Å². The Labute approximate surface area is 106 Å². The smallest absolute Gasteiger partial charge is 0.292 e. The number of nitro groups is 1. The average molecular weight is 251 g/mol. The summed E-state index contributed by atoms with van der Waals surface area (Å²) in [4.78, 5) is 22.0. The first-order valence-electron chi connectivity index (χ1n) is 5.70. The summed E-state index contributed by atoms with van der Waals surface area (Å²) in [6.07, 6.45) is 0. The van der Waals surface area contributed by atoms with E-state index in [0.29, 0.717) is 23.7 Å². The van der Waals surface area contributed by atoms with Crippen molar-refractivity contribution in [3.8, 4) is 0 Å². The molecule has 0 saturated carbocycles. The van der Waals surface area contributed by atoms with E-state index >= 15 is 0 Å². The third-order valence-corrected chi connectivity index (χ3v) is 2.40. The zero-order valence-electron chi connectivity index (χ0n) is 10.7. The number of amides is 1. The fourth-order valence-corrected chi connectivity index (χ4v) is 1.44. The summed E-state index contributed by atoms with van der Waals surface area (Å²) in [5, 5.41) is 16.2. The van der Waals surface area contributed by atoms with Crippen molar-refractivity contribution < 1.29 is 9.72 Å². The summed E-state index contributed by atoms with van der Waals surface area (Å²) in [5.41, 5.74) is 0.695. The molecular formula is C12H17N3O3. The standard InChI is InChI=1S/C12H17N3O3/c1-8(2)7-14-12(16)9-4-5-11(15(17)18)10(6-9)13-3/h4-6,8,13H,7H2,1-3H3,(H,14,16). The number of nitro benzene ring substituents is 1. The zero-order valence-corrected chi connectivity index (χ0v) is 10.7. The van der Waals surface area contributed by atoms with Gasteiger partial charge in [-0.2, -0.15) is 0 Å². The molecule has 0 fully saturated rings. The molecule has 0 spiro atoms. The van der Waals surface area contributed by atoms with Crippen LogP contribution in [0, 0.1) is 16.0 Å². The molecule has 0 atom stereocenters. The number of hydrogen-bond donors (Lipinski definition) is 2. The quantitative estimate of drug-likeness (QED) is 0.619. The summed E-state index contributed by atoms with van der Waals surface area (Å²) in [6.45, 7) is 4.56. The third kappa shape index (κ3) is 3.44. The van der Waals surface area contributed by atoms with E-state index in [0.717, 1.165) is 0 Å². The Morgan fingerprint density at radius 1 is 1.44 bits per heavy atom. The van der Waals surface area contributed by atoms with Crippen LogP contribution in [0.1, 0.15) is 24.2 Å². The molecule has 0 heterocycles. The SMILES string of the molecule is CNc1cc(C(=O)NCC(C)C)ccc1[N+](=O)[O-]. The zero-order chi connectivity index (χ0) is 13.7. The highest BCUT2D eigenvalue weighted by Gasteiger charge is 2.15. The molecule has 6 nitrogen and oxygen atoms in total. The average Bonchev–Trinajstić information content (AvgIpc) is 2.34. The summed E-state index contributed by atoms with van der Waals surface area (Å²) in [5.74, 6) is 0.130.